The molecule has 0 aliphatic heterocycles. The van der Waals surface area contributed by atoms with Gasteiger partial charge in [-0.15, -0.1) is 0 Å². The van der Waals surface area contributed by atoms with Gasteiger partial charge in [-0.2, -0.15) is 0 Å². The fourth-order valence-corrected chi connectivity index (χ4v) is 3.82. The van der Waals surface area contributed by atoms with E-state index >= 15 is 0 Å². The molecule has 0 aliphatic carbocycles. The summed E-state index contributed by atoms with van der Waals surface area (Å²) in [6.45, 7) is -0.388. The molecule has 32 heavy (non-hydrogen) atoms. The second-order valence-electron chi connectivity index (χ2n) is 6.82. The lowest BCUT2D eigenvalue weighted by molar-refractivity contribution is -0.118. The van der Waals surface area contributed by atoms with Crippen LogP contribution in [-0.2, 0) is 21.4 Å². The Hall–Kier alpha value is -3.17. The molecular formula is C22H19ClF2N2O4S. The van der Waals surface area contributed by atoms with Gasteiger partial charge in [-0.05, 0) is 54.1 Å². The van der Waals surface area contributed by atoms with Crippen LogP contribution in [0, 0.1) is 11.6 Å². The van der Waals surface area contributed by atoms with Gasteiger partial charge in [0.1, 0.15) is 23.1 Å². The summed E-state index contributed by atoms with van der Waals surface area (Å²) in [5, 5.41) is 2.66. The molecular weight excluding hydrogens is 462 g/mol. The van der Waals surface area contributed by atoms with E-state index in [9.17, 15) is 22.0 Å². The summed E-state index contributed by atoms with van der Waals surface area (Å²) >= 11 is 5.87. The normalized spacial score (nSPS) is 11.1. The van der Waals surface area contributed by atoms with E-state index in [4.69, 9.17) is 16.3 Å². The van der Waals surface area contributed by atoms with Gasteiger partial charge >= 0.3 is 0 Å². The Labute approximate surface area is 189 Å². The molecule has 0 radical (unpaired) electrons. The molecule has 3 aromatic carbocycles. The first-order valence-electron chi connectivity index (χ1n) is 9.32. The van der Waals surface area contributed by atoms with Crippen LogP contribution in [0.5, 0.6) is 5.75 Å². The fourth-order valence-electron chi connectivity index (χ4n) is 2.81. The number of nitrogens with zero attached hydrogens (tertiary/aromatic N) is 1. The van der Waals surface area contributed by atoms with E-state index in [1.807, 2.05) is 0 Å². The van der Waals surface area contributed by atoms with Crippen molar-refractivity contribution in [2.75, 3.05) is 22.5 Å². The van der Waals surface area contributed by atoms with Crippen LogP contribution in [0.3, 0.4) is 0 Å². The monoisotopic (exact) mass is 480 g/mol. The van der Waals surface area contributed by atoms with Crippen LogP contribution in [0.25, 0.3) is 0 Å². The van der Waals surface area contributed by atoms with E-state index in [0.717, 1.165) is 24.0 Å². The Morgan fingerprint density at radius 2 is 1.59 bits per heavy atom. The molecule has 1 N–H and O–H groups in total. The second kappa shape index (κ2) is 9.97. The van der Waals surface area contributed by atoms with Crippen LogP contribution in [0.1, 0.15) is 5.56 Å². The highest BCUT2D eigenvalue weighted by Gasteiger charge is 2.18. The molecule has 1 amide bonds. The topological polar surface area (TPSA) is 75.7 Å². The van der Waals surface area contributed by atoms with Crippen LogP contribution in [0.4, 0.5) is 20.2 Å². The Balaban J connectivity index is 1.66. The van der Waals surface area contributed by atoms with E-state index in [1.54, 1.807) is 24.3 Å². The number of amides is 1. The molecule has 3 aromatic rings. The predicted octanol–water partition coefficient (Wildman–Crippen LogP) is 4.60. The van der Waals surface area contributed by atoms with Crippen molar-refractivity contribution in [3.8, 4) is 5.75 Å². The van der Waals surface area contributed by atoms with Gasteiger partial charge in [0.2, 0.25) is 10.0 Å². The maximum absolute atomic E-state index is 13.6. The van der Waals surface area contributed by atoms with Gasteiger partial charge in [0, 0.05) is 5.02 Å². The minimum Gasteiger partial charge on any atom is -0.484 e. The van der Waals surface area contributed by atoms with E-state index in [-0.39, 0.29) is 12.3 Å². The fraction of sp³-hybridized carbons (Fsp3) is 0.136. The Kier molecular flexibility index (Phi) is 7.32. The molecule has 0 atom stereocenters. The lowest BCUT2D eigenvalue weighted by Gasteiger charge is -2.23. The zero-order valence-electron chi connectivity index (χ0n) is 16.9. The Morgan fingerprint density at radius 1 is 1.00 bits per heavy atom. The van der Waals surface area contributed by atoms with Crippen molar-refractivity contribution in [2.24, 2.45) is 0 Å². The molecule has 0 aromatic heterocycles. The van der Waals surface area contributed by atoms with E-state index in [2.05, 4.69) is 5.32 Å². The number of carbonyl (C=O) groups excluding carboxylic acids is 1. The van der Waals surface area contributed by atoms with Crippen LogP contribution >= 0.6 is 11.6 Å². The standard InChI is InChI=1S/C22H19ClF2N2O4S/c1-32(29,30)27(13-15-5-7-16(23)8-6-15)17-9-11-18(12-10-17)31-14-21(28)26-22-19(24)3-2-4-20(22)25/h2-12H,13-14H2,1H3,(H,26,28). The molecule has 10 heteroatoms. The zero-order chi connectivity index (χ0) is 23.3. The number of nitrogens with one attached hydrogen (secondary N) is 1. The summed E-state index contributed by atoms with van der Waals surface area (Å²) in [6.07, 6.45) is 1.10. The maximum atomic E-state index is 13.6. The average Bonchev–Trinajstić information content (AvgIpc) is 2.74. The number of hydrogen-bond donors (Lipinski definition) is 1. The molecule has 6 nitrogen and oxygen atoms in total. The summed E-state index contributed by atoms with van der Waals surface area (Å²) in [5.41, 5.74) is 0.590. The third kappa shape index (κ3) is 6.18. The first-order valence-corrected chi connectivity index (χ1v) is 11.5. The van der Waals surface area contributed by atoms with E-state index < -0.39 is 39.9 Å². The number of sulfonamides is 1. The molecule has 0 bridgehead atoms. The third-order valence-electron chi connectivity index (χ3n) is 4.36. The van der Waals surface area contributed by atoms with Gasteiger partial charge in [-0.25, -0.2) is 17.2 Å². The molecule has 0 saturated heterocycles. The van der Waals surface area contributed by atoms with Crippen molar-refractivity contribution in [3.05, 3.63) is 89.0 Å². The van der Waals surface area contributed by atoms with Crippen molar-refractivity contribution in [1.82, 2.24) is 0 Å². The van der Waals surface area contributed by atoms with E-state index in [0.29, 0.717) is 10.7 Å². The van der Waals surface area contributed by atoms with Crippen molar-refractivity contribution < 1.29 is 26.7 Å². The summed E-state index contributed by atoms with van der Waals surface area (Å²) in [5.74, 6) is -2.27. The minimum atomic E-state index is -3.58. The van der Waals surface area contributed by atoms with Crippen LogP contribution in [0.2, 0.25) is 5.02 Å². The van der Waals surface area contributed by atoms with Crippen molar-refractivity contribution >= 4 is 38.9 Å². The minimum absolute atomic E-state index is 0.104. The third-order valence-corrected chi connectivity index (χ3v) is 5.75. The molecule has 0 unspecified atom stereocenters. The first-order chi connectivity index (χ1) is 15.1. The number of anilines is 2. The molecule has 0 heterocycles. The van der Waals surface area contributed by atoms with Gasteiger partial charge in [0.05, 0.1) is 18.5 Å². The lowest BCUT2D eigenvalue weighted by Crippen LogP contribution is -2.29. The predicted molar refractivity (Wildman–Crippen MR) is 119 cm³/mol. The van der Waals surface area contributed by atoms with Crippen molar-refractivity contribution in [3.63, 3.8) is 0 Å². The van der Waals surface area contributed by atoms with Crippen LogP contribution in [-0.4, -0.2) is 27.2 Å². The Bertz CT molecular complexity index is 1180. The van der Waals surface area contributed by atoms with Gasteiger partial charge < -0.3 is 10.1 Å². The maximum Gasteiger partial charge on any atom is 0.262 e. The summed E-state index contributed by atoms with van der Waals surface area (Å²) in [4.78, 5) is 12.0. The van der Waals surface area contributed by atoms with Gasteiger partial charge in [0.25, 0.3) is 5.91 Å². The SMILES string of the molecule is CS(=O)(=O)N(Cc1ccc(Cl)cc1)c1ccc(OCC(=O)Nc2c(F)cccc2F)cc1. The second-order valence-corrected chi connectivity index (χ2v) is 9.17. The van der Waals surface area contributed by atoms with Crippen molar-refractivity contribution in [1.29, 1.82) is 0 Å². The molecule has 168 valence electrons. The van der Waals surface area contributed by atoms with Gasteiger partial charge in [0.15, 0.2) is 6.61 Å². The Morgan fingerprint density at radius 3 is 2.16 bits per heavy atom. The quantitative estimate of drug-likeness (QED) is 0.511. The van der Waals surface area contributed by atoms with Crippen molar-refractivity contribution in [2.45, 2.75) is 6.54 Å². The highest BCUT2D eigenvalue weighted by Crippen LogP contribution is 2.24. The average molecular weight is 481 g/mol. The van der Waals surface area contributed by atoms with Gasteiger partial charge in [-0.3, -0.25) is 9.10 Å². The largest absolute Gasteiger partial charge is 0.484 e. The van der Waals surface area contributed by atoms with Crippen LogP contribution in [0.15, 0.2) is 66.7 Å². The van der Waals surface area contributed by atoms with Crippen LogP contribution < -0.4 is 14.4 Å². The molecule has 0 fully saturated rings. The molecule has 0 saturated carbocycles. The number of para-hydroxylation sites is 1. The summed E-state index contributed by atoms with van der Waals surface area (Å²) < 4.78 is 58.3. The number of carbonyl (C=O) groups is 1. The zero-order valence-corrected chi connectivity index (χ0v) is 18.5. The smallest absolute Gasteiger partial charge is 0.262 e. The molecule has 0 spiro atoms. The summed E-state index contributed by atoms with van der Waals surface area (Å²) in [7, 11) is -3.58. The highest BCUT2D eigenvalue weighted by atomic mass is 35.5. The first kappa shape index (κ1) is 23.5. The highest BCUT2D eigenvalue weighted by molar-refractivity contribution is 7.92. The van der Waals surface area contributed by atoms with E-state index in [1.165, 1.54) is 34.6 Å². The summed E-state index contributed by atoms with van der Waals surface area (Å²) in [6, 6.07) is 16.1. The lowest BCUT2D eigenvalue weighted by atomic mass is 10.2. The number of ether oxygens (including phenoxy) is 1. The number of hydrogen-bond acceptors (Lipinski definition) is 4. The number of benzene rings is 3. The number of halogens is 3. The molecule has 3 rings (SSSR count). The number of rotatable bonds is 8. The molecule has 0 aliphatic rings. The van der Waals surface area contributed by atoms with Gasteiger partial charge in [-0.1, -0.05) is 29.8 Å².